The fraction of sp³-hybridized carbons (Fsp3) is 0.400. The van der Waals surface area contributed by atoms with Crippen molar-refractivity contribution in [1.82, 2.24) is 15.5 Å². The molecule has 2 amide bonds. The fourth-order valence-corrected chi connectivity index (χ4v) is 3.57. The lowest BCUT2D eigenvalue weighted by Crippen LogP contribution is -2.45. The Balaban J connectivity index is 1.56. The molecule has 0 bridgehead atoms. The first-order chi connectivity index (χ1) is 12.2. The third-order valence-corrected chi connectivity index (χ3v) is 4.80. The summed E-state index contributed by atoms with van der Waals surface area (Å²) in [4.78, 5) is 26.6. The van der Waals surface area contributed by atoms with Gasteiger partial charge in [0.25, 0.3) is 0 Å². The number of nitrogens with zero attached hydrogens (tertiary/aromatic N) is 1. The summed E-state index contributed by atoms with van der Waals surface area (Å²) in [7, 11) is 1.90. The van der Waals surface area contributed by atoms with Crippen LogP contribution in [-0.2, 0) is 16.0 Å². The van der Waals surface area contributed by atoms with Crippen LogP contribution < -0.4 is 10.6 Å². The summed E-state index contributed by atoms with van der Waals surface area (Å²) in [5, 5.41) is 8.12. The molecule has 132 valence electrons. The van der Waals surface area contributed by atoms with Crippen molar-refractivity contribution in [2.45, 2.75) is 25.3 Å². The zero-order chi connectivity index (χ0) is 17.6. The number of carbonyl (C=O) groups excluding carboxylic acids is 2. The van der Waals surface area contributed by atoms with E-state index in [0.29, 0.717) is 0 Å². The summed E-state index contributed by atoms with van der Waals surface area (Å²) in [5.41, 5.74) is 0.984. The maximum atomic E-state index is 12.4. The summed E-state index contributed by atoms with van der Waals surface area (Å²) < 4.78 is 0. The molecule has 2 N–H and O–H groups in total. The molecule has 0 aromatic heterocycles. The summed E-state index contributed by atoms with van der Waals surface area (Å²) in [5.74, 6) is -0.113. The summed E-state index contributed by atoms with van der Waals surface area (Å²) >= 11 is 0. The first-order valence-corrected chi connectivity index (χ1v) is 8.86. The van der Waals surface area contributed by atoms with E-state index in [0.717, 1.165) is 42.3 Å². The van der Waals surface area contributed by atoms with Crippen molar-refractivity contribution in [1.29, 1.82) is 0 Å². The van der Waals surface area contributed by atoms with Gasteiger partial charge in [-0.05, 0) is 36.2 Å². The molecule has 1 atom stereocenters. The summed E-state index contributed by atoms with van der Waals surface area (Å²) in [6.45, 7) is 1.66. The van der Waals surface area contributed by atoms with E-state index in [1.807, 2.05) is 54.4 Å². The van der Waals surface area contributed by atoms with E-state index in [2.05, 4.69) is 10.6 Å². The lowest BCUT2D eigenvalue weighted by molar-refractivity contribution is -0.133. The number of benzene rings is 2. The molecule has 2 aromatic carbocycles. The van der Waals surface area contributed by atoms with Crippen LogP contribution in [0.2, 0.25) is 0 Å². The smallest absolute Gasteiger partial charge is 0.242 e. The van der Waals surface area contributed by atoms with Gasteiger partial charge < -0.3 is 15.5 Å². The van der Waals surface area contributed by atoms with E-state index >= 15 is 0 Å². The average molecular weight is 339 g/mol. The van der Waals surface area contributed by atoms with Crippen LogP contribution in [0.4, 0.5) is 0 Å². The maximum absolute atomic E-state index is 12.4. The van der Waals surface area contributed by atoms with Crippen molar-refractivity contribution in [3.63, 3.8) is 0 Å². The molecule has 0 aliphatic carbocycles. The van der Waals surface area contributed by atoms with Crippen LogP contribution in [0.3, 0.4) is 0 Å². The van der Waals surface area contributed by atoms with Crippen molar-refractivity contribution in [2.24, 2.45) is 0 Å². The zero-order valence-electron chi connectivity index (χ0n) is 14.6. The van der Waals surface area contributed by atoms with Gasteiger partial charge in [0.15, 0.2) is 0 Å². The molecule has 3 rings (SSSR count). The Bertz CT molecular complexity index is 754. The minimum absolute atomic E-state index is 0.00372. The monoisotopic (exact) mass is 339 g/mol. The Hall–Kier alpha value is -2.40. The summed E-state index contributed by atoms with van der Waals surface area (Å²) in [6.07, 6.45) is 2.34. The predicted octanol–water partition coefficient (Wildman–Crippen LogP) is 1.71. The Labute approximate surface area is 148 Å². The van der Waals surface area contributed by atoms with Gasteiger partial charge in [-0.25, -0.2) is 0 Å². The van der Waals surface area contributed by atoms with Crippen LogP contribution in [0.25, 0.3) is 10.8 Å². The molecule has 1 fully saturated rings. The Morgan fingerprint density at radius 2 is 1.96 bits per heavy atom. The van der Waals surface area contributed by atoms with Gasteiger partial charge in [-0.1, -0.05) is 42.5 Å². The van der Waals surface area contributed by atoms with Crippen molar-refractivity contribution >= 4 is 22.6 Å². The minimum atomic E-state index is -0.117. The van der Waals surface area contributed by atoms with Gasteiger partial charge in [0.2, 0.25) is 11.8 Å². The van der Waals surface area contributed by atoms with Crippen molar-refractivity contribution < 1.29 is 9.59 Å². The quantitative estimate of drug-likeness (QED) is 0.842. The van der Waals surface area contributed by atoms with E-state index in [4.69, 9.17) is 0 Å². The number of carbonyl (C=O) groups is 2. The number of fused-ring (bicyclic) bond motifs is 1. The van der Waals surface area contributed by atoms with E-state index in [1.165, 1.54) is 0 Å². The van der Waals surface area contributed by atoms with Crippen molar-refractivity contribution in [3.05, 3.63) is 48.0 Å². The Kier molecular flexibility index (Phi) is 5.66. The third kappa shape index (κ3) is 4.17. The fourth-order valence-electron chi connectivity index (χ4n) is 3.57. The number of rotatable bonds is 6. The average Bonchev–Trinajstić information content (AvgIpc) is 3.09. The van der Waals surface area contributed by atoms with Crippen LogP contribution in [0.5, 0.6) is 0 Å². The second-order valence-electron chi connectivity index (χ2n) is 6.53. The van der Waals surface area contributed by atoms with Gasteiger partial charge in [-0.15, -0.1) is 0 Å². The van der Waals surface area contributed by atoms with Crippen molar-refractivity contribution in [2.75, 3.05) is 26.7 Å². The lowest BCUT2D eigenvalue weighted by Gasteiger charge is -2.24. The minimum Gasteiger partial charge on any atom is -0.347 e. The van der Waals surface area contributed by atoms with Gasteiger partial charge in [0.1, 0.15) is 0 Å². The molecule has 0 spiro atoms. The number of amides is 2. The highest BCUT2D eigenvalue weighted by molar-refractivity contribution is 5.91. The van der Waals surface area contributed by atoms with E-state index in [-0.39, 0.29) is 30.8 Å². The molecule has 0 saturated carbocycles. The topological polar surface area (TPSA) is 61.4 Å². The highest BCUT2D eigenvalue weighted by atomic mass is 16.2. The molecule has 1 saturated heterocycles. The van der Waals surface area contributed by atoms with E-state index in [1.54, 1.807) is 0 Å². The number of hydrogen-bond donors (Lipinski definition) is 2. The Morgan fingerprint density at radius 3 is 2.80 bits per heavy atom. The van der Waals surface area contributed by atoms with Crippen LogP contribution in [-0.4, -0.2) is 49.4 Å². The standard InChI is InChI=1S/C20H25N3O2/c1-21-13-17-9-5-11-23(17)20(25)14-22-19(24)12-16-8-4-7-15-6-2-3-10-18(15)16/h2-4,6-8,10,17,21H,5,9,11-14H2,1H3,(H,22,24). The lowest BCUT2D eigenvalue weighted by atomic mass is 10.0. The normalized spacial score (nSPS) is 17.0. The molecule has 1 aliphatic heterocycles. The molecular weight excluding hydrogens is 314 g/mol. The van der Waals surface area contributed by atoms with Gasteiger partial charge >= 0.3 is 0 Å². The van der Waals surface area contributed by atoms with Gasteiger partial charge in [0, 0.05) is 19.1 Å². The number of hydrogen-bond acceptors (Lipinski definition) is 3. The second-order valence-corrected chi connectivity index (χ2v) is 6.53. The summed E-state index contributed by atoms with van der Waals surface area (Å²) in [6, 6.07) is 14.2. The van der Waals surface area contributed by atoms with E-state index in [9.17, 15) is 9.59 Å². The van der Waals surface area contributed by atoms with Crippen LogP contribution in [0.15, 0.2) is 42.5 Å². The predicted molar refractivity (Wildman–Crippen MR) is 99.3 cm³/mol. The molecule has 0 radical (unpaired) electrons. The number of nitrogens with one attached hydrogen (secondary N) is 2. The van der Waals surface area contributed by atoms with Crippen molar-refractivity contribution in [3.8, 4) is 0 Å². The first-order valence-electron chi connectivity index (χ1n) is 8.86. The molecule has 5 heteroatoms. The molecule has 5 nitrogen and oxygen atoms in total. The number of likely N-dealkylation sites (N-methyl/N-ethyl adjacent to an activating group) is 1. The first kappa shape index (κ1) is 17.4. The molecule has 1 heterocycles. The van der Waals surface area contributed by atoms with Gasteiger partial charge in [-0.2, -0.15) is 0 Å². The number of likely N-dealkylation sites (tertiary alicyclic amines) is 1. The third-order valence-electron chi connectivity index (χ3n) is 4.80. The highest BCUT2D eigenvalue weighted by Gasteiger charge is 2.27. The SMILES string of the molecule is CNCC1CCCN1C(=O)CNC(=O)Cc1cccc2ccccc12. The molecular formula is C20H25N3O2. The zero-order valence-corrected chi connectivity index (χ0v) is 14.6. The van der Waals surface area contributed by atoms with Gasteiger partial charge in [0.05, 0.1) is 13.0 Å². The molecule has 25 heavy (non-hydrogen) atoms. The Morgan fingerprint density at radius 1 is 1.16 bits per heavy atom. The largest absolute Gasteiger partial charge is 0.347 e. The molecule has 1 aliphatic rings. The molecule has 2 aromatic rings. The second kappa shape index (κ2) is 8.12. The van der Waals surface area contributed by atoms with Crippen LogP contribution in [0.1, 0.15) is 18.4 Å². The van der Waals surface area contributed by atoms with Gasteiger partial charge in [-0.3, -0.25) is 9.59 Å². The van der Waals surface area contributed by atoms with Crippen LogP contribution >= 0.6 is 0 Å². The molecule has 1 unspecified atom stereocenters. The van der Waals surface area contributed by atoms with E-state index < -0.39 is 0 Å². The highest BCUT2D eigenvalue weighted by Crippen LogP contribution is 2.19. The maximum Gasteiger partial charge on any atom is 0.242 e. The van der Waals surface area contributed by atoms with Crippen LogP contribution in [0, 0.1) is 0 Å².